The molecule has 1 atom stereocenters. The van der Waals surface area contributed by atoms with E-state index in [4.69, 9.17) is 10.2 Å². The molecule has 3 N–H and O–H groups in total. The summed E-state index contributed by atoms with van der Waals surface area (Å²) in [5.74, 6) is 2.15. The van der Waals surface area contributed by atoms with E-state index in [2.05, 4.69) is 13.8 Å². The van der Waals surface area contributed by atoms with Crippen molar-refractivity contribution in [1.29, 1.82) is 0 Å². The Labute approximate surface area is 109 Å². The summed E-state index contributed by atoms with van der Waals surface area (Å²) in [5.41, 5.74) is 5.77. The fourth-order valence-corrected chi connectivity index (χ4v) is 3.22. The average Bonchev–Trinajstić information content (AvgIpc) is 2.91. The van der Waals surface area contributed by atoms with Crippen LogP contribution in [0.2, 0.25) is 0 Å². The number of hydrogen-bond donors (Lipinski definition) is 2. The van der Waals surface area contributed by atoms with Gasteiger partial charge in [-0.15, -0.1) is 0 Å². The minimum Gasteiger partial charge on any atom is -0.467 e. The topological polar surface area (TPSA) is 59.4 Å². The lowest BCUT2D eigenvalue weighted by molar-refractivity contribution is -0.0268. The molecule has 18 heavy (non-hydrogen) atoms. The molecule has 0 aromatic carbocycles. The maximum Gasteiger partial charge on any atom is 0.132 e. The first kappa shape index (κ1) is 13.6. The molecule has 1 aliphatic carbocycles. The number of furan rings is 1. The van der Waals surface area contributed by atoms with Crippen molar-refractivity contribution in [2.75, 3.05) is 6.54 Å². The van der Waals surface area contributed by atoms with Crippen molar-refractivity contribution in [2.45, 2.75) is 45.6 Å². The quantitative estimate of drug-likeness (QED) is 0.864. The summed E-state index contributed by atoms with van der Waals surface area (Å²) < 4.78 is 5.34. The van der Waals surface area contributed by atoms with E-state index in [1.165, 1.54) is 0 Å². The van der Waals surface area contributed by atoms with Gasteiger partial charge in [0.15, 0.2) is 0 Å². The standard InChI is InChI=1S/C15H25NO2/c1-11(2)12-5-7-15(10-16,8-6-12)14(17)13-4-3-9-18-13/h3-4,9,11-12,14,17H,5-8,10,16H2,1-2H3. The van der Waals surface area contributed by atoms with Crippen LogP contribution in [0.25, 0.3) is 0 Å². The zero-order chi connectivity index (χ0) is 13.2. The molecule has 1 aromatic rings. The number of hydrogen-bond acceptors (Lipinski definition) is 3. The summed E-state index contributed by atoms with van der Waals surface area (Å²) in [7, 11) is 0. The highest BCUT2D eigenvalue weighted by Crippen LogP contribution is 2.48. The summed E-state index contributed by atoms with van der Waals surface area (Å²) in [6.45, 7) is 5.09. The molecule has 1 aliphatic rings. The molecule has 1 saturated carbocycles. The fraction of sp³-hybridized carbons (Fsp3) is 0.733. The first-order valence-electron chi connectivity index (χ1n) is 7.00. The van der Waals surface area contributed by atoms with Gasteiger partial charge in [-0.05, 0) is 49.7 Å². The number of nitrogens with two attached hydrogens (primary N) is 1. The summed E-state index contributed by atoms with van der Waals surface area (Å²) in [5, 5.41) is 10.5. The van der Waals surface area contributed by atoms with E-state index >= 15 is 0 Å². The van der Waals surface area contributed by atoms with E-state index in [-0.39, 0.29) is 5.41 Å². The van der Waals surface area contributed by atoms with Crippen LogP contribution in [-0.4, -0.2) is 11.7 Å². The summed E-state index contributed by atoms with van der Waals surface area (Å²) in [6, 6.07) is 3.67. The van der Waals surface area contributed by atoms with Gasteiger partial charge in [0.05, 0.1) is 6.26 Å². The maximum absolute atomic E-state index is 10.5. The molecule has 0 bridgehead atoms. The Morgan fingerprint density at radius 3 is 2.56 bits per heavy atom. The highest BCUT2D eigenvalue weighted by atomic mass is 16.4. The monoisotopic (exact) mass is 251 g/mol. The van der Waals surface area contributed by atoms with Crippen molar-refractivity contribution < 1.29 is 9.52 Å². The van der Waals surface area contributed by atoms with Crippen LogP contribution in [0.4, 0.5) is 0 Å². The predicted octanol–water partition coefficient (Wildman–Crippen LogP) is 3.10. The van der Waals surface area contributed by atoms with Crippen LogP contribution < -0.4 is 5.73 Å². The molecule has 1 unspecified atom stereocenters. The Morgan fingerprint density at radius 1 is 1.44 bits per heavy atom. The van der Waals surface area contributed by atoms with Gasteiger partial charge in [-0.3, -0.25) is 0 Å². The van der Waals surface area contributed by atoms with Crippen LogP contribution >= 0.6 is 0 Å². The lowest BCUT2D eigenvalue weighted by atomic mass is 9.65. The van der Waals surface area contributed by atoms with Crippen LogP contribution in [0.15, 0.2) is 22.8 Å². The van der Waals surface area contributed by atoms with Gasteiger partial charge in [0.2, 0.25) is 0 Å². The van der Waals surface area contributed by atoms with E-state index in [1.807, 2.05) is 12.1 Å². The Hall–Kier alpha value is -0.800. The predicted molar refractivity (Wildman–Crippen MR) is 72.0 cm³/mol. The van der Waals surface area contributed by atoms with E-state index in [0.29, 0.717) is 12.3 Å². The smallest absolute Gasteiger partial charge is 0.132 e. The van der Waals surface area contributed by atoms with Gasteiger partial charge in [-0.2, -0.15) is 0 Å². The lowest BCUT2D eigenvalue weighted by Crippen LogP contribution is -2.40. The van der Waals surface area contributed by atoms with Crippen molar-refractivity contribution in [1.82, 2.24) is 0 Å². The molecule has 0 aliphatic heterocycles. The van der Waals surface area contributed by atoms with Gasteiger partial charge >= 0.3 is 0 Å². The Kier molecular flexibility index (Phi) is 4.13. The van der Waals surface area contributed by atoms with Crippen molar-refractivity contribution in [3.8, 4) is 0 Å². The minimum atomic E-state index is -0.564. The molecule has 1 aromatic heterocycles. The molecular formula is C15H25NO2. The third-order valence-electron chi connectivity index (χ3n) is 4.77. The summed E-state index contributed by atoms with van der Waals surface area (Å²) in [4.78, 5) is 0. The number of aliphatic hydroxyl groups is 1. The number of aliphatic hydroxyl groups excluding tert-OH is 1. The average molecular weight is 251 g/mol. The Bertz CT molecular complexity index is 351. The molecule has 0 amide bonds. The molecule has 102 valence electrons. The van der Waals surface area contributed by atoms with Crippen molar-refractivity contribution in [3.63, 3.8) is 0 Å². The first-order valence-corrected chi connectivity index (χ1v) is 7.00. The molecule has 3 heteroatoms. The highest BCUT2D eigenvalue weighted by Gasteiger charge is 2.42. The zero-order valence-electron chi connectivity index (χ0n) is 11.4. The van der Waals surface area contributed by atoms with Gasteiger partial charge in [-0.1, -0.05) is 13.8 Å². The summed E-state index contributed by atoms with van der Waals surface area (Å²) >= 11 is 0. The van der Waals surface area contributed by atoms with Crippen molar-refractivity contribution in [2.24, 2.45) is 23.0 Å². The van der Waals surface area contributed by atoms with Crippen molar-refractivity contribution in [3.05, 3.63) is 24.2 Å². The molecule has 0 saturated heterocycles. The maximum atomic E-state index is 10.5. The molecule has 1 fully saturated rings. The summed E-state index contributed by atoms with van der Waals surface area (Å²) in [6.07, 6.45) is 5.36. The zero-order valence-corrected chi connectivity index (χ0v) is 11.4. The molecule has 3 nitrogen and oxygen atoms in total. The second kappa shape index (κ2) is 5.45. The SMILES string of the molecule is CC(C)C1CCC(CN)(C(O)c2ccco2)CC1. The van der Waals surface area contributed by atoms with Gasteiger partial charge < -0.3 is 15.3 Å². The first-order chi connectivity index (χ1) is 8.59. The van der Waals surface area contributed by atoms with E-state index < -0.39 is 6.10 Å². The molecule has 2 rings (SSSR count). The van der Waals surface area contributed by atoms with Crippen LogP contribution in [0.3, 0.4) is 0 Å². The molecule has 0 radical (unpaired) electrons. The third kappa shape index (κ3) is 2.47. The van der Waals surface area contributed by atoms with Crippen LogP contribution in [0, 0.1) is 17.3 Å². The lowest BCUT2D eigenvalue weighted by Gasteiger charge is -2.43. The van der Waals surface area contributed by atoms with E-state index in [0.717, 1.165) is 37.5 Å². The second-order valence-corrected chi connectivity index (χ2v) is 6.07. The second-order valence-electron chi connectivity index (χ2n) is 6.07. The van der Waals surface area contributed by atoms with Crippen LogP contribution in [-0.2, 0) is 0 Å². The fourth-order valence-electron chi connectivity index (χ4n) is 3.22. The van der Waals surface area contributed by atoms with Crippen LogP contribution in [0.5, 0.6) is 0 Å². The van der Waals surface area contributed by atoms with Gasteiger partial charge in [-0.25, -0.2) is 0 Å². The van der Waals surface area contributed by atoms with E-state index in [1.54, 1.807) is 6.26 Å². The van der Waals surface area contributed by atoms with Gasteiger partial charge in [0.25, 0.3) is 0 Å². The highest BCUT2D eigenvalue weighted by molar-refractivity contribution is 5.08. The molecule has 0 spiro atoms. The minimum absolute atomic E-state index is 0.191. The Balaban J connectivity index is 2.09. The largest absolute Gasteiger partial charge is 0.467 e. The Morgan fingerprint density at radius 2 is 2.11 bits per heavy atom. The molecule has 1 heterocycles. The third-order valence-corrected chi connectivity index (χ3v) is 4.77. The van der Waals surface area contributed by atoms with Crippen LogP contribution in [0.1, 0.15) is 51.4 Å². The number of rotatable bonds is 4. The van der Waals surface area contributed by atoms with Gasteiger partial charge in [0.1, 0.15) is 11.9 Å². The molecular weight excluding hydrogens is 226 g/mol. The van der Waals surface area contributed by atoms with E-state index in [9.17, 15) is 5.11 Å². The normalized spacial score (nSPS) is 30.6. The van der Waals surface area contributed by atoms with Crippen molar-refractivity contribution >= 4 is 0 Å². The van der Waals surface area contributed by atoms with Gasteiger partial charge in [0, 0.05) is 12.0 Å².